The van der Waals surface area contributed by atoms with Crippen molar-refractivity contribution >= 4 is 22.7 Å². The molecule has 0 spiro atoms. The number of pyridine rings is 1. The minimum atomic E-state index is -0.484. The van der Waals surface area contributed by atoms with Crippen LogP contribution >= 0.6 is 0 Å². The van der Waals surface area contributed by atoms with E-state index in [4.69, 9.17) is 9.94 Å². The number of rotatable bonds is 7. The van der Waals surface area contributed by atoms with Gasteiger partial charge in [-0.25, -0.2) is 5.48 Å². The molecule has 2 amide bonds. The van der Waals surface area contributed by atoms with E-state index in [1.165, 1.54) is 0 Å². The number of ether oxygens (including phenoxy) is 1. The second-order valence-electron chi connectivity index (χ2n) is 8.94. The molecule has 1 fully saturated rings. The maximum Gasteiger partial charge on any atom is 0.251 e. The lowest BCUT2D eigenvalue weighted by Gasteiger charge is -2.29. The fourth-order valence-corrected chi connectivity index (χ4v) is 4.74. The van der Waals surface area contributed by atoms with E-state index in [1.807, 2.05) is 56.3 Å². The van der Waals surface area contributed by atoms with Crippen molar-refractivity contribution in [3.63, 3.8) is 0 Å². The number of amides is 2. The first kappa shape index (κ1) is 23.7. The van der Waals surface area contributed by atoms with Gasteiger partial charge in [-0.15, -0.1) is 0 Å². The zero-order chi connectivity index (χ0) is 24.2. The van der Waals surface area contributed by atoms with Crippen molar-refractivity contribution in [2.24, 2.45) is 5.92 Å². The lowest BCUT2D eigenvalue weighted by atomic mass is 10.00. The Balaban J connectivity index is 1.43. The van der Waals surface area contributed by atoms with Gasteiger partial charge in [-0.3, -0.25) is 19.8 Å². The lowest BCUT2D eigenvalue weighted by Crippen LogP contribution is -2.52. The number of hydrogen-bond donors (Lipinski definition) is 3. The Morgan fingerprint density at radius 2 is 1.85 bits per heavy atom. The summed E-state index contributed by atoms with van der Waals surface area (Å²) in [6, 6.07) is 16.5. The van der Waals surface area contributed by atoms with Crippen molar-refractivity contribution in [1.82, 2.24) is 20.7 Å². The van der Waals surface area contributed by atoms with Gasteiger partial charge in [0.2, 0.25) is 5.91 Å². The molecule has 1 aliphatic carbocycles. The van der Waals surface area contributed by atoms with Crippen LogP contribution in [0.5, 0.6) is 5.75 Å². The zero-order valence-corrected chi connectivity index (χ0v) is 19.6. The number of fused-ring (bicyclic) bond motifs is 1. The van der Waals surface area contributed by atoms with Crippen LogP contribution in [0.15, 0.2) is 54.6 Å². The van der Waals surface area contributed by atoms with Crippen LogP contribution < -0.4 is 15.5 Å². The van der Waals surface area contributed by atoms with Crippen LogP contribution in [-0.2, 0) is 11.4 Å². The lowest BCUT2D eigenvalue weighted by molar-refractivity contribution is -0.133. The van der Waals surface area contributed by atoms with Crippen LogP contribution in [0.2, 0.25) is 0 Å². The van der Waals surface area contributed by atoms with Gasteiger partial charge in [0.25, 0.3) is 5.91 Å². The number of benzene rings is 2. The summed E-state index contributed by atoms with van der Waals surface area (Å²) in [5, 5.41) is 13.1. The van der Waals surface area contributed by atoms with E-state index in [0.717, 1.165) is 28.6 Å². The number of aromatic nitrogens is 1. The van der Waals surface area contributed by atoms with Crippen LogP contribution in [0, 0.1) is 12.8 Å². The van der Waals surface area contributed by atoms with Gasteiger partial charge in [-0.2, -0.15) is 0 Å². The maximum atomic E-state index is 12.9. The van der Waals surface area contributed by atoms with Gasteiger partial charge < -0.3 is 15.0 Å². The minimum absolute atomic E-state index is 0.00694. The molecule has 3 N–H and O–H groups in total. The average Bonchev–Trinajstić information content (AvgIpc) is 3.26. The summed E-state index contributed by atoms with van der Waals surface area (Å²) < 4.78 is 5.99. The van der Waals surface area contributed by atoms with Crippen LogP contribution in [0.1, 0.15) is 34.5 Å². The van der Waals surface area contributed by atoms with E-state index in [-0.39, 0.29) is 11.9 Å². The van der Waals surface area contributed by atoms with Gasteiger partial charge in [0.05, 0.1) is 17.5 Å². The normalized spacial score (nSPS) is 19.9. The molecule has 2 aromatic carbocycles. The monoisotopic (exact) mass is 462 g/mol. The Kier molecular flexibility index (Phi) is 7.09. The Bertz CT molecular complexity index is 1180. The van der Waals surface area contributed by atoms with Crippen LogP contribution in [0.4, 0.5) is 0 Å². The Labute approximate surface area is 198 Å². The molecule has 0 aliphatic heterocycles. The number of carbonyl (C=O) groups excluding carboxylic acids is 2. The first-order chi connectivity index (χ1) is 16.4. The molecule has 1 aromatic heterocycles. The number of carbonyl (C=O) groups is 2. The fraction of sp³-hybridized carbons (Fsp3) is 0.346. The van der Waals surface area contributed by atoms with Crippen LogP contribution in [-0.4, -0.2) is 53.1 Å². The summed E-state index contributed by atoms with van der Waals surface area (Å²) in [7, 11) is 3.84. The van der Waals surface area contributed by atoms with E-state index >= 15 is 0 Å². The molecule has 8 nitrogen and oxygen atoms in total. The van der Waals surface area contributed by atoms with Crippen molar-refractivity contribution in [3.8, 4) is 5.75 Å². The second kappa shape index (κ2) is 10.2. The van der Waals surface area contributed by atoms with Gasteiger partial charge in [-0.05, 0) is 70.3 Å². The van der Waals surface area contributed by atoms with Crippen molar-refractivity contribution in [3.05, 3.63) is 71.4 Å². The van der Waals surface area contributed by atoms with E-state index in [0.29, 0.717) is 24.3 Å². The van der Waals surface area contributed by atoms with Gasteiger partial charge in [0, 0.05) is 28.2 Å². The number of nitrogens with one attached hydrogen (secondary N) is 2. The smallest absolute Gasteiger partial charge is 0.251 e. The number of aryl methyl sites for hydroxylation is 1. The summed E-state index contributed by atoms with van der Waals surface area (Å²) >= 11 is 0. The first-order valence-electron chi connectivity index (χ1n) is 11.4. The molecule has 178 valence electrons. The summed E-state index contributed by atoms with van der Waals surface area (Å²) in [6.45, 7) is 2.35. The summed E-state index contributed by atoms with van der Waals surface area (Å²) in [4.78, 5) is 31.6. The Hall–Kier alpha value is -3.49. The second-order valence-corrected chi connectivity index (χ2v) is 8.94. The summed E-state index contributed by atoms with van der Waals surface area (Å²) in [5.74, 6) is -0.573. The zero-order valence-electron chi connectivity index (χ0n) is 19.6. The largest absolute Gasteiger partial charge is 0.489 e. The molecule has 0 saturated heterocycles. The first-order valence-corrected chi connectivity index (χ1v) is 11.4. The molecule has 2 unspecified atom stereocenters. The standard InChI is InChI=1S/C26H30N4O4/c1-16-14-18(20-6-4-5-7-22(20)27-16)15-34-19-10-8-17(9-11-19)25(31)28-24-21(26(32)29-33)12-13-23(24)30(2)3/h4-11,14,21,23-24,33H,12-13,15H2,1-3H3,(H,28,31)(H,29,32)/t21-,23?,24?/m0/s1. The maximum absolute atomic E-state index is 12.9. The molecule has 1 heterocycles. The van der Waals surface area contributed by atoms with Crippen LogP contribution in [0.3, 0.4) is 0 Å². The quantitative estimate of drug-likeness (QED) is 0.368. The minimum Gasteiger partial charge on any atom is -0.489 e. The fourth-order valence-electron chi connectivity index (χ4n) is 4.74. The Morgan fingerprint density at radius 3 is 2.56 bits per heavy atom. The predicted molar refractivity (Wildman–Crippen MR) is 129 cm³/mol. The summed E-state index contributed by atoms with van der Waals surface area (Å²) in [6.07, 6.45) is 1.35. The number of likely N-dealkylation sites (N-methyl/N-ethyl adjacent to an activating group) is 1. The molecule has 0 bridgehead atoms. The van der Waals surface area contributed by atoms with Gasteiger partial charge in [-0.1, -0.05) is 18.2 Å². The molecular formula is C26H30N4O4. The van der Waals surface area contributed by atoms with Gasteiger partial charge in [0.15, 0.2) is 0 Å². The molecule has 1 aliphatic rings. The highest BCUT2D eigenvalue weighted by Gasteiger charge is 2.42. The highest BCUT2D eigenvalue weighted by Crippen LogP contribution is 2.29. The Morgan fingerprint density at radius 1 is 1.12 bits per heavy atom. The summed E-state index contributed by atoms with van der Waals surface area (Å²) in [5.41, 5.74) is 5.12. The van der Waals surface area contributed by atoms with Crippen molar-refractivity contribution in [2.75, 3.05) is 14.1 Å². The molecule has 0 radical (unpaired) electrons. The van der Waals surface area contributed by atoms with E-state index in [9.17, 15) is 9.59 Å². The molecule has 1 saturated carbocycles. The van der Waals surface area contributed by atoms with Crippen LogP contribution in [0.25, 0.3) is 10.9 Å². The van der Waals surface area contributed by atoms with E-state index in [1.54, 1.807) is 29.7 Å². The van der Waals surface area contributed by atoms with E-state index < -0.39 is 17.9 Å². The van der Waals surface area contributed by atoms with Crippen molar-refractivity contribution in [1.29, 1.82) is 0 Å². The number of hydroxylamine groups is 1. The molecule has 3 atom stereocenters. The van der Waals surface area contributed by atoms with Gasteiger partial charge >= 0.3 is 0 Å². The highest BCUT2D eigenvalue weighted by molar-refractivity contribution is 5.95. The average molecular weight is 463 g/mol. The van der Waals surface area contributed by atoms with Crippen molar-refractivity contribution < 1.29 is 19.5 Å². The third kappa shape index (κ3) is 5.03. The van der Waals surface area contributed by atoms with Crippen molar-refractivity contribution in [2.45, 2.75) is 38.5 Å². The third-order valence-corrected chi connectivity index (χ3v) is 6.47. The molecular weight excluding hydrogens is 432 g/mol. The topological polar surface area (TPSA) is 104 Å². The molecule has 3 aromatic rings. The SMILES string of the molecule is Cc1cc(COc2ccc(C(=O)NC3C(N(C)C)CC[C@@H]3C(=O)NO)cc2)c2ccccc2n1. The molecule has 4 rings (SSSR count). The number of hydrogen-bond acceptors (Lipinski definition) is 6. The predicted octanol–water partition coefficient (Wildman–Crippen LogP) is 3.07. The molecule has 8 heteroatoms. The van der Waals surface area contributed by atoms with E-state index in [2.05, 4.69) is 10.3 Å². The number of nitrogens with zero attached hydrogens (tertiary/aromatic N) is 2. The highest BCUT2D eigenvalue weighted by atomic mass is 16.5. The third-order valence-electron chi connectivity index (χ3n) is 6.47. The number of para-hydroxylation sites is 1. The molecule has 34 heavy (non-hydrogen) atoms. The van der Waals surface area contributed by atoms with Gasteiger partial charge in [0.1, 0.15) is 12.4 Å².